The lowest BCUT2D eigenvalue weighted by atomic mass is 10.1. The molecule has 12 heavy (non-hydrogen) atoms. The Morgan fingerprint density at radius 2 is 1.83 bits per heavy atom. The highest BCUT2D eigenvalue weighted by molar-refractivity contribution is 5.89. The maximum Gasteiger partial charge on any atom is 0.155 e. The molecule has 0 unspecified atom stereocenters. The van der Waals surface area contributed by atoms with E-state index in [1.165, 1.54) is 0 Å². The van der Waals surface area contributed by atoms with E-state index in [2.05, 4.69) is 6.08 Å². The Labute approximate surface area is 73.5 Å². The maximum atomic E-state index is 11.1. The van der Waals surface area contributed by atoms with Crippen molar-refractivity contribution in [2.75, 3.05) is 0 Å². The minimum atomic E-state index is 0.238. The maximum absolute atomic E-state index is 11.1. The lowest BCUT2D eigenvalue weighted by Gasteiger charge is -1.93. The molecule has 0 aromatic carbocycles. The van der Waals surface area contributed by atoms with Gasteiger partial charge in [-0.1, -0.05) is 30.4 Å². The van der Waals surface area contributed by atoms with Gasteiger partial charge in [-0.05, 0) is 25.3 Å². The van der Waals surface area contributed by atoms with Crippen LogP contribution in [0.2, 0.25) is 0 Å². The van der Waals surface area contributed by atoms with E-state index in [0.717, 1.165) is 19.3 Å². The van der Waals surface area contributed by atoms with E-state index in [-0.39, 0.29) is 5.78 Å². The van der Waals surface area contributed by atoms with Crippen LogP contribution in [0.15, 0.2) is 36.5 Å². The lowest BCUT2D eigenvalue weighted by molar-refractivity contribution is -0.114. The number of ketones is 1. The summed E-state index contributed by atoms with van der Waals surface area (Å²) in [5, 5.41) is 0. The summed E-state index contributed by atoms with van der Waals surface area (Å²) >= 11 is 0. The van der Waals surface area contributed by atoms with Crippen molar-refractivity contribution in [2.45, 2.75) is 25.7 Å². The van der Waals surface area contributed by atoms with Crippen molar-refractivity contribution in [3.8, 4) is 0 Å². The van der Waals surface area contributed by atoms with Crippen LogP contribution in [0.4, 0.5) is 0 Å². The second-order valence-corrected chi connectivity index (χ2v) is 2.88. The molecular formula is C11H14O. The van der Waals surface area contributed by atoms with E-state index >= 15 is 0 Å². The molecule has 0 aromatic rings. The molecule has 0 aromatic heterocycles. The highest BCUT2D eigenvalue weighted by Crippen LogP contribution is 2.03. The molecule has 64 valence electrons. The number of hydrogen-bond donors (Lipinski definition) is 0. The van der Waals surface area contributed by atoms with Crippen molar-refractivity contribution in [3.63, 3.8) is 0 Å². The Morgan fingerprint density at radius 3 is 2.75 bits per heavy atom. The number of carbonyl (C=O) groups is 1. The second-order valence-electron chi connectivity index (χ2n) is 2.88. The van der Waals surface area contributed by atoms with Crippen LogP contribution in [0.3, 0.4) is 0 Å². The fraction of sp³-hybridized carbons (Fsp3) is 0.364. The summed E-state index contributed by atoms with van der Waals surface area (Å²) in [7, 11) is 0. The number of hydrogen-bond acceptors (Lipinski definition) is 1. The van der Waals surface area contributed by atoms with E-state index < -0.39 is 0 Å². The molecule has 0 amide bonds. The summed E-state index contributed by atoms with van der Waals surface area (Å²) in [6, 6.07) is 0. The largest absolute Gasteiger partial charge is 0.295 e. The minimum absolute atomic E-state index is 0.238. The van der Waals surface area contributed by atoms with Gasteiger partial charge >= 0.3 is 0 Å². The Hall–Kier alpha value is -1.11. The van der Waals surface area contributed by atoms with Crippen LogP contribution in [0.25, 0.3) is 0 Å². The first-order valence-corrected chi connectivity index (χ1v) is 4.42. The minimum Gasteiger partial charge on any atom is -0.295 e. The first kappa shape index (κ1) is 8.98. The summed E-state index contributed by atoms with van der Waals surface area (Å²) in [6.45, 7) is 0. The van der Waals surface area contributed by atoms with Gasteiger partial charge in [0.2, 0.25) is 0 Å². The van der Waals surface area contributed by atoms with Crippen LogP contribution in [0, 0.1) is 0 Å². The van der Waals surface area contributed by atoms with Crippen molar-refractivity contribution < 1.29 is 4.79 Å². The molecule has 1 rings (SSSR count). The average Bonchev–Trinajstić information content (AvgIpc) is 2.11. The van der Waals surface area contributed by atoms with E-state index in [1.54, 1.807) is 12.2 Å². The molecule has 0 N–H and O–H groups in total. The Kier molecular flexibility index (Phi) is 4.14. The van der Waals surface area contributed by atoms with Gasteiger partial charge in [0, 0.05) is 6.42 Å². The van der Waals surface area contributed by atoms with Crippen molar-refractivity contribution >= 4 is 5.78 Å². The third kappa shape index (κ3) is 3.91. The highest BCUT2D eigenvalue weighted by Gasteiger charge is 1.95. The predicted molar refractivity (Wildman–Crippen MR) is 50.9 cm³/mol. The fourth-order valence-electron chi connectivity index (χ4n) is 1.11. The second kappa shape index (κ2) is 5.53. The summed E-state index contributed by atoms with van der Waals surface area (Å²) in [4.78, 5) is 11.1. The molecule has 0 bridgehead atoms. The van der Waals surface area contributed by atoms with E-state index in [0.29, 0.717) is 6.42 Å². The lowest BCUT2D eigenvalue weighted by Crippen LogP contribution is -1.91. The Balaban J connectivity index is 2.52. The summed E-state index contributed by atoms with van der Waals surface area (Å²) in [5.41, 5.74) is 0. The van der Waals surface area contributed by atoms with Crippen molar-refractivity contribution in [3.05, 3.63) is 36.5 Å². The van der Waals surface area contributed by atoms with Gasteiger partial charge < -0.3 is 0 Å². The first-order chi connectivity index (χ1) is 5.89. The van der Waals surface area contributed by atoms with Crippen molar-refractivity contribution in [1.29, 1.82) is 0 Å². The predicted octanol–water partition coefficient (Wildman–Crippen LogP) is 2.80. The molecule has 0 saturated carbocycles. The van der Waals surface area contributed by atoms with Crippen LogP contribution < -0.4 is 0 Å². The molecule has 1 aliphatic carbocycles. The number of rotatable bonds is 0. The van der Waals surface area contributed by atoms with Crippen LogP contribution in [0.5, 0.6) is 0 Å². The fourth-order valence-corrected chi connectivity index (χ4v) is 1.11. The van der Waals surface area contributed by atoms with Crippen LogP contribution in [-0.4, -0.2) is 5.78 Å². The van der Waals surface area contributed by atoms with Gasteiger partial charge in [-0.25, -0.2) is 0 Å². The monoisotopic (exact) mass is 162 g/mol. The summed E-state index contributed by atoms with van der Waals surface area (Å²) in [5.74, 6) is 0.238. The Bertz CT molecular complexity index is 221. The van der Waals surface area contributed by atoms with Crippen molar-refractivity contribution in [2.24, 2.45) is 0 Å². The topological polar surface area (TPSA) is 17.1 Å². The van der Waals surface area contributed by atoms with Crippen LogP contribution >= 0.6 is 0 Å². The third-order valence-corrected chi connectivity index (χ3v) is 1.80. The molecule has 0 spiro atoms. The molecule has 0 aliphatic heterocycles. The molecule has 1 heteroatoms. The zero-order chi connectivity index (χ0) is 8.65. The van der Waals surface area contributed by atoms with Gasteiger partial charge in [-0.15, -0.1) is 0 Å². The van der Waals surface area contributed by atoms with Gasteiger partial charge in [0.05, 0.1) is 0 Å². The molecule has 0 fully saturated rings. The van der Waals surface area contributed by atoms with Gasteiger partial charge in [-0.2, -0.15) is 0 Å². The van der Waals surface area contributed by atoms with Gasteiger partial charge in [-0.3, -0.25) is 4.79 Å². The SMILES string of the molecule is O=C1\C=C/C=C\C=C/CCCC1. The average molecular weight is 162 g/mol. The van der Waals surface area contributed by atoms with Gasteiger partial charge in [0.1, 0.15) is 0 Å². The molecule has 0 radical (unpaired) electrons. The normalized spacial score (nSPS) is 27.2. The summed E-state index contributed by atoms with van der Waals surface area (Å²) < 4.78 is 0. The third-order valence-electron chi connectivity index (χ3n) is 1.80. The zero-order valence-electron chi connectivity index (χ0n) is 7.20. The standard InChI is InChI=1S/C11H14O/c12-11-9-7-5-3-1-2-4-6-8-10-11/h1-3,5,7,9H,4,6,8,10H2/b2-1-,5-3-,9-7-. The molecule has 0 atom stereocenters. The van der Waals surface area contributed by atoms with E-state index in [4.69, 9.17) is 0 Å². The molecule has 1 nitrogen and oxygen atoms in total. The van der Waals surface area contributed by atoms with Crippen molar-refractivity contribution in [1.82, 2.24) is 0 Å². The first-order valence-electron chi connectivity index (χ1n) is 4.42. The summed E-state index contributed by atoms with van der Waals surface area (Å²) in [6.07, 6.45) is 15.4. The molecule has 1 aliphatic rings. The quantitative estimate of drug-likeness (QED) is 0.535. The van der Waals surface area contributed by atoms with E-state index in [1.807, 2.05) is 18.2 Å². The van der Waals surface area contributed by atoms with Gasteiger partial charge in [0.25, 0.3) is 0 Å². The molecule has 0 saturated heterocycles. The molecule has 0 heterocycles. The number of allylic oxidation sites excluding steroid dienone is 6. The Morgan fingerprint density at radius 1 is 1.00 bits per heavy atom. The smallest absolute Gasteiger partial charge is 0.155 e. The molecular weight excluding hydrogens is 148 g/mol. The zero-order valence-corrected chi connectivity index (χ0v) is 7.20. The number of carbonyl (C=O) groups excluding carboxylic acids is 1. The van der Waals surface area contributed by atoms with Crippen LogP contribution in [0.1, 0.15) is 25.7 Å². The highest BCUT2D eigenvalue weighted by atomic mass is 16.1. The van der Waals surface area contributed by atoms with Crippen LogP contribution in [-0.2, 0) is 4.79 Å². The van der Waals surface area contributed by atoms with E-state index in [9.17, 15) is 4.79 Å². The van der Waals surface area contributed by atoms with Gasteiger partial charge in [0.15, 0.2) is 5.78 Å².